The lowest BCUT2D eigenvalue weighted by Gasteiger charge is -2.38. The number of ether oxygens (including phenoxy) is 1. The van der Waals surface area contributed by atoms with Crippen molar-refractivity contribution in [2.24, 2.45) is 0 Å². The summed E-state index contributed by atoms with van der Waals surface area (Å²) in [7, 11) is 0. The number of β-amino-alcohol motifs (C(OH)–C–C–N with tert-alkyl or cyclic N) is 1. The van der Waals surface area contributed by atoms with Crippen LogP contribution in [0.1, 0.15) is 16.7 Å². The predicted octanol–water partition coefficient (Wildman–Crippen LogP) is 5.09. The summed E-state index contributed by atoms with van der Waals surface area (Å²) < 4.78 is 6.95. The number of fused-ring (bicyclic) bond motifs is 1. The highest BCUT2D eigenvalue weighted by molar-refractivity contribution is 9.10. The number of benzene rings is 3. The van der Waals surface area contributed by atoms with Gasteiger partial charge in [-0.1, -0.05) is 45.8 Å². The number of aliphatic hydroxyl groups excluding tert-OH is 1. The maximum atomic E-state index is 10.5. The van der Waals surface area contributed by atoms with Crippen molar-refractivity contribution in [1.29, 1.82) is 0 Å². The Labute approximate surface area is 193 Å². The standard InChI is InChI=1S/C26H31BrN2O2/c1-18-12-19(2)26(20(3)13-18)29-10-8-28(9-11-29)16-24(30)17-31-25-7-5-21-14-23(27)6-4-22(21)15-25/h4-7,12-15,24,30H,8-11,16-17H2,1-3H3/t24-/m0/s1. The molecule has 5 heteroatoms. The molecule has 0 unspecified atom stereocenters. The van der Waals surface area contributed by atoms with Gasteiger partial charge in [0.05, 0.1) is 0 Å². The van der Waals surface area contributed by atoms with Gasteiger partial charge in [-0.3, -0.25) is 4.90 Å². The van der Waals surface area contributed by atoms with Crippen LogP contribution in [0.2, 0.25) is 0 Å². The van der Waals surface area contributed by atoms with Crippen molar-refractivity contribution in [1.82, 2.24) is 4.90 Å². The van der Waals surface area contributed by atoms with Crippen LogP contribution in [0, 0.1) is 20.8 Å². The summed E-state index contributed by atoms with van der Waals surface area (Å²) in [5.41, 5.74) is 5.39. The number of piperazine rings is 1. The third-order valence-electron chi connectivity index (χ3n) is 6.01. The Morgan fingerprint density at radius 3 is 2.26 bits per heavy atom. The van der Waals surface area contributed by atoms with Gasteiger partial charge in [-0.25, -0.2) is 0 Å². The Balaban J connectivity index is 1.27. The Bertz CT molecular complexity index is 1040. The number of aryl methyl sites for hydroxylation is 3. The van der Waals surface area contributed by atoms with E-state index in [0.29, 0.717) is 13.2 Å². The monoisotopic (exact) mass is 482 g/mol. The average Bonchev–Trinajstić information content (AvgIpc) is 2.73. The molecule has 0 amide bonds. The van der Waals surface area contributed by atoms with E-state index in [1.54, 1.807) is 0 Å². The first kappa shape index (κ1) is 22.1. The molecule has 4 nitrogen and oxygen atoms in total. The van der Waals surface area contributed by atoms with E-state index in [4.69, 9.17) is 4.74 Å². The normalized spacial score (nSPS) is 16.0. The fraction of sp³-hybridized carbons (Fsp3) is 0.385. The molecule has 0 aromatic heterocycles. The van der Waals surface area contributed by atoms with Crippen LogP contribution in [-0.2, 0) is 0 Å². The van der Waals surface area contributed by atoms with E-state index in [1.165, 1.54) is 27.8 Å². The SMILES string of the molecule is Cc1cc(C)c(N2CCN(C[C@H](O)COc3ccc4cc(Br)ccc4c3)CC2)c(C)c1. The van der Waals surface area contributed by atoms with Gasteiger partial charge < -0.3 is 14.7 Å². The van der Waals surface area contributed by atoms with E-state index in [1.807, 2.05) is 18.2 Å². The fourth-order valence-electron chi connectivity index (χ4n) is 4.65. The number of hydrogen-bond donors (Lipinski definition) is 1. The first-order chi connectivity index (χ1) is 14.9. The summed E-state index contributed by atoms with van der Waals surface area (Å²) in [5, 5.41) is 12.8. The molecule has 0 spiro atoms. The van der Waals surface area contributed by atoms with Crippen molar-refractivity contribution in [3.8, 4) is 5.75 Å². The van der Waals surface area contributed by atoms with Gasteiger partial charge >= 0.3 is 0 Å². The molecule has 0 saturated carbocycles. The molecule has 3 aromatic rings. The Morgan fingerprint density at radius 2 is 1.55 bits per heavy atom. The summed E-state index contributed by atoms with van der Waals surface area (Å²) in [6.07, 6.45) is -0.505. The summed E-state index contributed by atoms with van der Waals surface area (Å²) in [4.78, 5) is 4.82. The van der Waals surface area contributed by atoms with Crippen molar-refractivity contribution >= 4 is 32.4 Å². The van der Waals surface area contributed by atoms with Crippen molar-refractivity contribution < 1.29 is 9.84 Å². The van der Waals surface area contributed by atoms with Gasteiger partial charge in [0.2, 0.25) is 0 Å². The van der Waals surface area contributed by atoms with Crippen molar-refractivity contribution in [2.75, 3.05) is 44.2 Å². The lowest BCUT2D eigenvalue weighted by Crippen LogP contribution is -2.49. The van der Waals surface area contributed by atoms with Crippen LogP contribution in [0.4, 0.5) is 5.69 Å². The maximum absolute atomic E-state index is 10.5. The van der Waals surface area contributed by atoms with Crippen LogP contribution in [0.15, 0.2) is 53.0 Å². The molecule has 1 fully saturated rings. The van der Waals surface area contributed by atoms with Gasteiger partial charge in [-0.2, -0.15) is 0 Å². The van der Waals surface area contributed by atoms with Gasteiger partial charge in [0.15, 0.2) is 0 Å². The molecular formula is C26H31BrN2O2. The van der Waals surface area contributed by atoms with E-state index in [2.05, 4.69) is 76.8 Å². The van der Waals surface area contributed by atoms with E-state index in [0.717, 1.165) is 41.8 Å². The van der Waals surface area contributed by atoms with Crippen molar-refractivity contribution in [3.63, 3.8) is 0 Å². The first-order valence-corrected chi connectivity index (χ1v) is 11.7. The van der Waals surface area contributed by atoms with Crippen LogP contribution in [0.5, 0.6) is 5.75 Å². The van der Waals surface area contributed by atoms with Crippen molar-refractivity contribution in [3.05, 3.63) is 69.7 Å². The van der Waals surface area contributed by atoms with E-state index in [-0.39, 0.29) is 0 Å². The topological polar surface area (TPSA) is 35.9 Å². The van der Waals surface area contributed by atoms with Crippen LogP contribution < -0.4 is 9.64 Å². The number of halogens is 1. The average molecular weight is 483 g/mol. The zero-order chi connectivity index (χ0) is 22.0. The minimum absolute atomic E-state index is 0.304. The summed E-state index contributed by atoms with van der Waals surface area (Å²) >= 11 is 3.50. The molecule has 1 saturated heterocycles. The molecule has 1 atom stereocenters. The van der Waals surface area contributed by atoms with E-state index in [9.17, 15) is 5.11 Å². The van der Waals surface area contributed by atoms with Crippen LogP contribution in [-0.4, -0.2) is 55.4 Å². The third kappa shape index (κ3) is 5.40. The molecule has 1 N–H and O–H groups in total. The highest BCUT2D eigenvalue weighted by atomic mass is 79.9. The minimum Gasteiger partial charge on any atom is -0.491 e. The quantitative estimate of drug-likeness (QED) is 0.530. The van der Waals surface area contributed by atoms with E-state index < -0.39 is 6.10 Å². The second-order valence-electron chi connectivity index (χ2n) is 8.65. The van der Waals surface area contributed by atoms with Crippen LogP contribution >= 0.6 is 15.9 Å². The minimum atomic E-state index is -0.505. The molecule has 164 valence electrons. The van der Waals surface area contributed by atoms with E-state index >= 15 is 0 Å². The molecular weight excluding hydrogens is 452 g/mol. The van der Waals surface area contributed by atoms with Crippen LogP contribution in [0.3, 0.4) is 0 Å². The maximum Gasteiger partial charge on any atom is 0.120 e. The molecule has 3 aromatic carbocycles. The molecule has 31 heavy (non-hydrogen) atoms. The molecule has 1 heterocycles. The number of nitrogens with zero attached hydrogens (tertiary/aromatic N) is 2. The zero-order valence-electron chi connectivity index (χ0n) is 18.6. The fourth-order valence-corrected chi connectivity index (χ4v) is 5.03. The lowest BCUT2D eigenvalue weighted by molar-refractivity contribution is 0.0663. The molecule has 0 bridgehead atoms. The number of aliphatic hydroxyl groups is 1. The van der Waals surface area contributed by atoms with Gasteiger partial charge in [0, 0.05) is 42.9 Å². The molecule has 4 rings (SSSR count). The Morgan fingerprint density at radius 1 is 0.903 bits per heavy atom. The van der Waals surface area contributed by atoms with Crippen molar-refractivity contribution in [2.45, 2.75) is 26.9 Å². The Hall–Kier alpha value is -2.08. The molecule has 1 aliphatic rings. The third-order valence-corrected chi connectivity index (χ3v) is 6.50. The first-order valence-electron chi connectivity index (χ1n) is 10.9. The summed E-state index contributed by atoms with van der Waals surface area (Å²) in [6, 6.07) is 16.8. The Kier molecular flexibility index (Phi) is 6.85. The zero-order valence-corrected chi connectivity index (χ0v) is 20.2. The second kappa shape index (κ2) is 9.60. The van der Waals surface area contributed by atoms with Gasteiger partial charge in [-0.05, 0) is 66.9 Å². The predicted molar refractivity (Wildman–Crippen MR) is 132 cm³/mol. The smallest absolute Gasteiger partial charge is 0.120 e. The van der Waals surface area contributed by atoms with Gasteiger partial charge in [-0.15, -0.1) is 0 Å². The summed E-state index contributed by atoms with van der Waals surface area (Å²) in [5.74, 6) is 0.795. The van der Waals surface area contributed by atoms with Gasteiger partial charge in [0.25, 0.3) is 0 Å². The number of anilines is 1. The second-order valence-corrected chi connectivity index (χ2v) is 9.57. The number of rotatable bonds is 6. The van der Waals surface area contributed by atoms with Crippen LogP contribution in [0.25, 0.3) is 10.8 Å². The highest BCUT2D eigenvalue weighted by Gasteiger charge is 2.21. The summed E-state index contributed by atoms with van der Waals surface area (Å²) in [6.45, 7) is 11.4. The number of hydrogen-bond acceptors (Lipinski definition) is 4. The molecule has 0 aliphatic carbocycles. The lowest BCUT2D eigenvalue weighted by atomic mass is 10.0. The molecule has 0 radical (unpaired) electrons. The largest absolute Gasteiger partial charge is 0.491 e. The highest BCUT2D eigenvalue weighted by Crippen LogP contribution is 2.27. The molecule has 1 aliphatic heterocycles. The van der Waals surface area contributed by atoms with Gasteiger partial charge in [0.1, 0.15) is 18.5 Å².